The highest BCUT2D eigenvalue weighted by atomic mass is 35.5. The molecular formula is C40H40ClN5O6Si. The number of rotatable bonds is 9. The number of nitrogens with zero attached hydrogens (tertiary/aromatic N) is 5. The van der Waals surface area contributed by atoms with Crippen molar-refractivity contribution in [2.75, 3.05) is 16.4 Å². The zero-order valence-electron chi connectivity index (χ0n) is 29.6. The number of anilines is 3. The smallest absolute Gasteiger partial charge is 0.266 e. The lowest BCUT2D eigenvalue weighted by atomic mass is 9.82. The third-order valence-corrected chi connectivity index (χ3v) is 13.5. The highest BCUT2D eigenvalue weighted by Crippen LogP contribution is 2.60. The molecule has 4 aromatic carbocycles. The maximum atomic E-state index is 14.9. The Kier molecular flexibility index (Phi) is 8.98. The van der Waals surface area contributed by atoms with Crippen LogP contribution in [0, 0.1) is 5.92 Å². The maximum Gasteiger partial charge on any atom is 0.266 e. The molecule has 53 heavy (non-hydrogen) atoms. The molecule has 0 saturated carbocycles. The van der Waals surface area contributed by atoms with Gasteiger partial charge in [0.05, 0.1) is 35.3 Å². The van der Waals surface area contributed by atoms with Crippen molar-refractivity contribution in [1.82, 2.24) is 15.0 Å². The molecular weight excluding hydrogens is 710 g/mol. The van der Waals surface area contributed by atoms with E-state index >= 15 is 0 Å². The third-order valence-electron chi connectivity index (χ3n) is 10.7. The number of fused-ring (bicyclic) bond motifs is 4. The van der Waals surface area contributed by atoms with E-state index in [2.05, 4.69) is 10.3 Å². The second-order valence-corrected chi connectivity index (χ2v) is 18.9. The standard InChI is InChI=1S/C40H40ClN5O6Si/c1-25-37(53(2,3)50)36(18-20-44-24-28(19-21-47)42-43-44)52-40(25)31-22-27(41)14-17-32(31)45(39(40)49)23-26-12-15-29(16-13-26)46-33-9-5-7-11-35(33)51-34-10-6-4-8-30(34)38(46)48/h4-17,22,24-25,36-37,47,50H,18-21,23H2,1-3H3/t25-,36+,37-,40+/m0/s1. The Labute approximate surface area is 313 Å². The number of hydrogen-bond acceptors (Lipinski definition) is 8. The van der Waals surface area contributed by atoms with Crippen molar-refractivity contribution in [2.24, 2.45) is 5.92 Å². The van der Waals surface area contributed by atoms with Gasteiger partial charge in [0.25, 0.3) is 11.8 Å². The highest BCUT2D eigenvalue weighted by molar-refractivity contribution is 6.71. The monoisotopic (exact) mass is 749 g/mol. The first-order valence-electron chi connectivity index (χ1n) is 17.8. The fourth-order valence-electron chi connectivity index (χ4n) is 8.41. The van der Waals surface area contributed by atoms with Gasteiger partial charge in [-0.3, -0.25) is 19.2 Å². The van der Waals surface area contributed by atoms with Crippen LogP contribution in [0.4, 0.5) is 17.1 Å². The van der Waals surface area contributed by atoms with Gasteiger partial charge < -0.3 is 24.3 Å². The van der Waals surface area contributed by atoms with Crippen molar-refractivity contribution in [2.45, 2.75) is 63.2 Å². The summed E-state index contributed by atoms with van der Waals surface area (Å²) < 4.78 is 14.8. The minimum absolute atomic E-state index is 0.0152. The number of aliphatic hydroxyl groups is 1. The van der Waals surface area contributed by atoms with E-state index in [0.717, 1.165) is 5.56 Å². The molecule has 11 nitrogen and oxygen atoms in total. The third kappa shape index (κ3) is 6.04. The van der Waals surface area contributed by atoms with Gasteiger partial charge >= 0.3 is 0 Å². The zero-order valence-corrected chi connectivity index (χ0v) is 31.4. The molecule has 3 aliphatic heterocycles. The SMILES string of the molecule is C[C@H]1[C@H]([Si](C)(C)O)[C@@H](CCn2cc(CCO)nn2)O[C@]12C(=O)N(Cc1ccc(N3C(=O)c4ccccc4Oc4ccccc43)cc1)c1ccc(Cl)cc12. The molecule has 272 valence electrons. The number of aliphatic hydroxyl groups excluding tert-OH is 1. The summed E-state index contributed by atoms with van der Waals surface area (Å²) in [6.45, 7) is 6.51. The van der Waals surface area contributed by atoms with Gasteiger partial charge in [0.1, 0.15) is 5.75 Å². The van der Waals surface area contributed by atoms with E-state index in [1.165, 1.54) is 0 Å². The largest absolute Gasteiger partial charge is 0.454 e. The van der Waals surface area contributed by atoms with Crippen molar-refractivity contribution in [3.63, 3.8) is 0 Å². The van der Waals surface area contributed by atoms with E-state index in [4.69, 9.17) is 21.1 Å². The molecule has 0 bridgehead atoms. The maximum absolute atomic E-state index is 14.9. The van der Waals surface area contributed by atoms with E-state index in [1.807, 2.05) is 92.8 Å². The van der Waals surface area contributed by atoms with E-state index in [9.17, 15) is 19.5 Å². The van der Waals surface area contributed by atoms with Crippen LogP contribution < -0.4 is 14.5 Å². The quantitative estimate of drug-likeness (QED) is 0.154. The van der Waals surface area contributed by atoms with Crippen LogP contribution in [-0.4, -0.2) is 57.7 Å². The first-order valence-corrected chi connectivity index (χ1v) is 21.2. The van der Waals surface area contributed by atoms with Crippen LogP contribution >= 0.6 is 11.6 Å². The average molecular weight is 750 g/mol. The molecule has 8 rings (SSSR count). The molecule has 0 aliphatic carbocycles. The van der Waals surface area contributed by atoms with Crippen molar-refractivity contribution in [3.05, 3.63) is 125 Å². The first-order chi connectivity index (χ1) is 25.5. The van der Waals surface area contributed by atoms with Crippen LogP contribution in [0.25, 0.3) is 0 Å². The van der Waals surface area contributed by atoms with Crippen LogP contribution in [0.5, 0.6) is 11.5 Å². The van der Waals surface area contributed by atoms with Crippen molar-refractivity contribution < 1.29 is 29.0 Å². The number of aryl methyl sites for hydroxylation is 1. The van der Waals surface area contributed by atoms with Crippen LogP contribution in [0.2, 0.25) is 23.7 Å². The lowest BCUT2D eigenvalue weighted by Crippen LogP contribution is -2.46. The van der Waals surface area contributed by atoms with Gasteiger partial charge in [-0.15, -0.1) is 5.10 Å². The van der Waals surface area contributed by atoms with Crippen molar-refractivity contribution in [1.29, 1.82) is 0 Å². The number of benzene rings is 4. The molecule has 0 unspecified atom stereocenters. The van der Waals surface area contributed by atoms with Gasteiger partial charge in [-0.05, 0) is 79.7 Å². The van der Waals surface area contributed by atoms with Gasteiger partial charge in [-0.2, -0.15) is 0 Å². The number of hydrogen-bond donors (Lipinski definition) is 2. The predicted molar refractivity (Wildman–Crippen MR) is 203 cm³/mol. The molecule has 3 aliphatic rings. The Bertz CT molecular complexity index is 2210. The number of para-hydroxylation sites is 3. The van der Waals surface area contributed by atoms with Crippen LogP contribution in [0.3, 0.4) is 0 Å². The molecule has 1 spiro atoms. The first kappa shape index (κ1) is 35.2. The van der Waals surface area contributed by atoms with Gasteiger partial charge in [0.2, 0.25) is 0 Å². The second-order valence-electron chi connectivity index (χ2n) is 14.5. The highest BCUT2D eigenvalue weighted by Gasteiger charge is 2.66. The minimum Gasteiger partial charge on any atom is -0.454 e. The average Bonchev–Trinajstić information content (AvgIpc) is 3.75. The van der Waals surface area contributed by atoms with E-state index in [1.54, 1.807) is 38.9 Å². The lowest BCUT2D eigenvalue weighted by molar-refractivity contribution is -0.146. The summed E-state index contributed by atoms with van der Waals surface area (Å²) in [5, 5.41) is 18.1. The van der Waals surface area contributed by atoms with E-state index < -0.39 is 20.0 Å². The summed E-state index contributed by atoms with van der Waals surface area (Å²) >= 11 is 6.60. The van der Waals surface area contributed by atoms with Gasteiger partial charge in [0.15, 0.2) is 19.7 Å². The number of carbonyl (C=O) groups excluding carboxylic acids is 2. The normalized spacial score (nSPS) is 22.1. The zero-order chi connectivity index (χ0) is 37.1. The number of halogens is 1. The summed E-state index contributed by atoms with van der Waals surface area (Å²) in [5.74, 6) is 0.309. The number of ether oxygens (including phenoxy) is 2. The molecule has 2 amide bonds. The second kappa shape index (κ2) is 13.5. The Hall–Kier alpha value is -4.85. The van der Waals surface area contributed by atoms with Gasteiger partial charge in [-0.25, -0.2) is 0 Å². The molecule has 1 aromatic heterocycles. The fourth-order valence-corrected chi connectivity index (χ4v) is 11.2. The lowest BCUT2D eigenvalue weighted by Gasteiger charge is -2.32. The summed E-state index contributed by atoms with van der Waals surface area (Å²) in [7, 11) is -2.88. The Morgan fingerprint density at radius 3 is 2.43 bits per heavy atom. The summed E-state index contributed by atoms with van der Waals surface area (Å²) in [6.07, 6.45) is 2.30. The molecule has 13 heteroatoms. The van der Waals surface area contributed by atoms with Crippen molar-refractivity contribution in [3.8, 4) is 11.5 Å². The molecule has 0 radical (unpaired) electrons. The van der Waals surface area contributed by atoms with Crippen molar-refractivity contribution >= 4 is 48.8 Å². The van der Waals surface area contributed by atoms with E-state index in [0.29, 0.717) is 69.8 Å². The molecule has 5 aromatic rings. The summed E-state index contributed by atoms with van der Waals surface area (Å²) in [6, 6.07) is 27.7. The Balaban J connectivity index is 1.10. The molecule has 1 fully saturated rings. The Morgan fingerprint density at radius 2 is 1.68 bits per heavy atom. The van der Waals surface area contributed by atoms with Gasteiger partial charge in [0, 0.05) is 53.5 Å². The number of amides is 2. The van der Waals surface area contributed by atoms with Crippen LogP contribution in [-0.2, 0) is 34.6 Å². The molecule has 4 atom stereocenters. The number of carbonyl (C=O) groups is 2. The van der Waals surface area contributed by atoms with E-state index in [-0.39, 0.29) is 36.4 Å². The van der Waals surface area contributed by atoms with Gasteiger partial charge in [-0.1, -0.05) is 60.1 Å². The topological polar surface area (TPSA) is 130 Å². The number of aromatic nitrogens is 3. The molecule has 4 heterocycles. The van der Waals surface area contributed by atoms with Crippen LogP contribution in [0.15, 0.2) is 97.2 Å². The molecule has 2 N–H and O–H groups in total. The minimum atomic E-state index is -2.88. The summed E-state index contributed by atoms with van der Waals surface area (Å²) in [5.41, 5.74) is 3.09. The Morgan fingerprint density at radius 1 is 0.943 bits per heavy atom. The molecule has 1 saturated heterocycles. The fraction of sp³-hybridized carbons (Fsp3) is 0.300. The van der Waals surface area contributed by atoms with Crippen LogP contribution in [0.1, 0.15) is 40.5 Å². The predicted octanol–water partition coefficient (Wildman–Crippen LogP) is 6.99. The summed E-state index contributed by atoms with van der Waals surface area (Å²) in [4.78, 5) is 43.9.